The van der Waals surface area contributed by atoms with E-state index in [1.165, 1.54) is 71.0 Å². The minimum Gasteiger partial charge on any atom is -0.319 e. The molecule has 0 aromatic heterocycles. The molecule has 112 valence electrons. The van der Waals surface area contributed by atoms with Crippen LogP contribution in [0.2, 0.25) is 0 Å². The number of hydrogen-bond acceptors (Lipinski definition) is 2. The normalized spacial score (nSPS) is 34.4. The van der Waals surface area contributed by atoms with Crippen molar-refractivity contribution in [3.8, 4) is 0 Å². The van der Waals surface area contributed by atoms with E-state index in [1.807, 2.05) is 0 Å². The van der Waals surface area contributed by atoms with Crippen LogP contribution in [0.25, 0.3) is 0 Å². The third kappa shape index (κ3) is 5.07. The van der Waals surface area contributed by atoms with Crippen molar-refractivity contribution in [2.45, 2.75) is 58.3 Å². The van der Waals surface area contributed by atoms with Gasteiger partial charge in [-0.1, -0.05) is 19.8 Å². The maximum Gasteiger partial charge on any atom is -0.00203 e. The van der Waals surface area contributed by atoms with E-state index in [-0.39, 0.29) is 0 Å². The Labute approximate surface area is 120 Å². The first kappa shape index (κ1) is 15.3. The quantitative estimate of drug-likeness (QED) is 0.625. The molecule has 2 aliphatic carbocycles. The van der Waals surface area contributed by atoms with E-state index in [0.29, 0.717) is 0 Å². The lowest BCUT2D eigenvalue weighted by Crippen LogP contribution is -2.33. The van der Waals surface area contributed by atoms with Crippen LogP contribution in [-0.4, -0.2) is 26.7 Å². The lowest BCUT2D eigenvalue weighted by molar-refractivity contribution is 0.183. The summed E-state index contributed by atoms with van der Waals surface area (Å²) < 4.78 is 0. The Kier molecular flexibility index (Phi) is 6.66. The zero-order valence-electron chi connectivity index (χ0n) is 13.1. The van der Waals surface area contributed by atoms with Crippen LogP contribution in [0.3, 0.4) is 0 Å². The Hall–Kier alpha value is -0.0800. The van der Waals surface area contributed by atoms with Crippen LogP contribution in [0.15, 0.2) is 0 Å². The van der Waals surface area contributed by atoms with Gasteiger partial charge in [0.05, 0.1) is 0 Å². The van der Waals surface area contributed by atoms with Gasteiger partial charge in [0.2, 0.25) is 0 Å². The zero-order chi connectivity index (χ0) is 13.5. The van der Waals surface area contributed by atoms with E-state index in [4.69, 9.17) is 0 Å². The Morgan fingerprint density at radius 3 is 2.37 bits per heavy atom. The van der Waals surface area contributed by atoms with Gasteiger partial charge in [-0.2, -0.15) is 0 Å². The standard InChI is InChI=1S/C17H34N2/c1-3-14-9-17(10-14)13-19-8-4-5-15-6-7-16(11-15)12-18-2/h14-19H,3-13H2,1-2H3. The summed E-state index contributed by atoms with van der Waals surface area (Å²) in [6, 6.07) is 0. The summed E-state index contributed by atoms with van der Waals surface area (Å²) in [4.78, 5) is 0. The molecule has 2 atom stereocenters. The molecule has 2 aliphatic rings. The Bertz CT molecular complexity index is 235. The van der Waals surface area contributed by atoms with Crippen LogP contribution >= 0.6 is 0 Å². The highest BCUT2D eigenvalue weighted by molar-refractivity contribution is 4.80. The first-order valence-electron chi connectivity index (χ1n) is 8.67. The maximum atomic E-state index is 3.68. The maximum absolute atomic E-state index is 3.68. The second-order valence-corrected chi connectivity index (χ2v) is 7.06. The summed E-state index contributed by atoms with van der Waals surface area (Å²) in [6.45, 7) is 6.09. The van der Waals surface area contributed by atoms with E-state index >= 15 is 0 Å². The summed E-state index contributed by atoms with van der Waals surface area (Å²) in [6.07, 6.45) is 11.6. The monoisotopic (exact) mass is 266 g/mol. The average Bonchev–Trinajstić information content (AvgIpc) is 2.79. The highest BCUT2D eigenvalue weighted by atomic mass is 14.9. The fourth-order valence-corrected chi connectivity index (χ4v) is 4.11. The van der Waals surface area contributed by atoms with Crippen molar-refractivity contribution >= 4 is 0 Å². The topological polar surface area (TPSA) is 24.1 Å². The van der Waals surface area contributed by atoms with Gasteiger partial charge in [0.15, 0.2) is 0 Å². The minimum atomic E-state index is 0.962. The molecule has 2 nitrogen and oxygen atoms in total. The highest BCUT2D eigenvalue weighted by Gasteiger charge is 2.27. The molecule has 2 fully saturated rings. The molecule has 0 radical (unpaired) electrons. The second-order valence-electron chi connectivity index (χ2n) is 7.06. The Morgan fingerprint density at radius 2 is 1.63 bits per heavy atom. The summed E-state index contributed by atoms with van der Waals surface area (Å²) >= 11 is 0. The summed E-state index contributed by atoms with van der Waals surface area (Å²) in [5.74, 6) is 4.03. The van der Waals surface area contributed by atoms with Gasteiger partial charge in [-0.25, -0.2) is 0 Å². The molecule has 0 heterocycles. The number of hydrogen-bond donors (Lipinski definition) is 2. The molecule has 0 saturated heterocycles. The fourth-order valence-electron chi connectivity index (χ4n) is 4.11. The van der Waals surface area contributed by atoms with Gasteiger partial charge >= 0.3 is 0 Å². The largest absolute Gasteiger partial charge is 0.319 e. The predicted octanol–water partition coefficient (Wildman–Crippen LogP) is 3.43. The van der Waals surface area contributed by atoms with Gasteiger partial charge in [0, 0.05) is 0 Å². The SMILES string of the molecule is CCC1CC(CNCCCC2CCC(CNC)C2)C1. The molecule has 0 aromatic rings. The smallest absolute Gasteiger partial charge is 0.00203 e. The lowest BCUT2D eigenvalue weighted by Gasteiger charge is -2.34. The molecule has 0 aliphatic heterocycles. The van der Waals surface area contributed by atoms with Gasteiger partial charge < -0.3 is 10.6 Å². The number of rotatable bonds is 9. The van der Waals surface area contributed by atoms with Crippen LogP contribution in [0.1, 0.15) is 58.3 Å². The molecule has 2 heteroatoms. The van der Waals surface area contributed by atoms with Gasteiger partial charge in [-0.15, -0.1) is 0 Å². The summed E-state index contributed by atoms with van der Waals surface area (Å²) in [5.41, 5.74) is 0. The van der Waals surface area contributed by atoms with E-state index in [0.717, 1.165) is 23.7 Å². The van der Waals surface area contributed by atoms with Crippen molar-refractivity contribution in [1.29, 1.82) is 0 Å². The molecule has 0 amide bonds. The van der Waals surface area contributed by atoms with Crippen LogP contribution in [0.4, 0.5) is 0 Å². The molecule has 0 bridgehead atoms. The zero-order valence-corrected chi connectivity index (χ0v) is 13.1. The molecular weight excluding hydrogens is 232 g/mol. The van der Waals surface area contributed by atoms with Crippen molar-refractivity contribution < 1.29 is 0 Å². The molecule has 2 N–H and O–H groups in total. The van der Waals surface area contributed by atoms with Crippen LogP contribution in [-0.2, 0) is 0 Å². The lowest BCUT2D eigenvalue weighted by atomic mass is 9.73. The fraction of sp³-hybridized carbons (Fsp3) is 1.00. The number of nitrogens with one attached hydrogen (secondary N) is 2. The molecular formula is C17H34N2. The third-order valence-corrected chi connectivity index (χ3v) is 5.45. The van der Waals surface area contributed by atoms with Crippen molar-refractivity contribution in [2.24, 2.45) is 23.7 Å². The van der Waals surface area contributed by atoms with Crippen molar-refractivity contribution in [3.63, 3.8) is 0 Å². The highest BCUT2D eigenvalue weighted by Crippen LogP contribution is 2.35. The first-order chi connectivity index (χ1) is 9.31. The second kappa shape index (κ2) is 8.26. The van der Waals surface area contributed by atoms with Crippen LogP contribution in [0, 0.1) is 23.7 Å². The summed E-state index contributed by atoms with van der Waals surface area (Å²) in [5, 5.41) is 7.01. The van der Waals surface area contributed by atoms with Crippen molar-refractivity contribution in [3.05, 3.63) is 0 Å². The first-order valence-corrected chi connectivity index (χ1v) is 8.67. The van der Waals surface area contributed by atoms with Crippen molar-refractivity contribution in [2.75, 3.05) is 26.7 Å². The third-order valence-electron chi connectivity index (χ3n) is 5.45. The van der Waals surface area contributed by atoms with E-state index in [9.17, 15) is 0 Å². The van der Waals surface area contributed by atoms with E-state index < -0.39 is 0 Å². The summed E-state index contributed by atoms with van der Waals surface area (Å²) in [7, 11) is 2.08. The van der Waals surface area contributed by atoms with Gasteiger partial charge in [0.1, 0.15) is 0 Å². The molecule has 2 rings (SSSR count). The Balaban J connectivity index is 1.41. The predicted molar refractivity (Wildman–Crippen MR) is 83.4 cm³/mol. The molecule has 0 aromatic carbocycles. The van der Waals surface area contributed by atoms with E-state index in [2.05, 4.69) is 24.6 Å². The van der Waals surface area contributed by atoms with Crippen LogP contribution in [0.5, 0.6) is 0 Å². The van der Waals surface area contributed by atoms with Gasteiger partial charge in [0.25, 0.3) is 0 Å². The van der Waals surface area contributed by atoms with Gasteiger partial charge in [-0.3, -0.25) is 0 Å². The van der Waals surface area contributed by atoms with Gasteiger partial charge in [-0.05, 0) is 88.9 Å². The van der Waals surface area contributed by atoms with E-state index in [1.54, 1.807) is 0 Å². The minimum absolute atomic E-state index is 0.962. The van der Waals surface area contributed by atoms with Crippen LogP contribution < -0.4 is 10.6 Å². The van der Waals surface area contributed by atoms with Crippen molar-refractivity contribution in [1.82, 2.24) is 10.6 Å². The molecule has 19 heavy (non-hydrogen) atoms. The molecule has 0 spiro atoms. The molecule has 2 saturated carbocycles. The molecule has 2 unspecified atom stereocenters. The Morgan fingerprint density at radius 1 is 0.895 bits per heavy atom. The average molecular weight is 266 g/mol.